The number of hydrogen-bond donors (Lipinski definition) is 3. The molecule has 0 spiro atoms. The number of H-pyrrole nitrogens is 1. The van der Waals surface area contributed by atoms with E-state index in [0.29, 0.717) is 19.8 Å². The zero-order valence-electron chi connectivity index (χ0n) is 15.6. The maximum Gasteiger partial charge on any atom is 0.191 e. The van der Waals surface area contributed by atoms with Crippen molar-refractivity contribution >= 4 is 41.0 Å². The lowest BCUT2D eigenvalue weighted by Crippen LogP contribution is -2.38. The van der Waals surface area contributed by atoms with Gasteiger partial charge in [0.2, 0.25) is 0 Å². The number of rotatable bonds is 11. The first-order valence-corrected chi connectivity index (χ1v) is 8.86. The van der Waals surface area contributed by atoms with Crippen molar-refractivity contribution in [3.63, 3.8) is 0 Å². The van der Waals surface area contributed by atoms with E-state index in [1.807, 2.05) is 24.3 Å². The number of aromatic amines is 1. The van der Waals surface area contributed by atoms with Gasteiger partial charge in [0.1, 0.15) is 5.82 Å². The first kappa shape index (κ1) is 22.7. The number of ether oxygens (including phenoxy) is 2. The highest BCUT2D eigenvalue weighted by atomic mass is 127. The predicted octanol–water partition coefficient (Wildman–Crippen LogP) is 2.33. The summed E-state index contributed by atoms with van der Waals surface area (Å²) in [7, 11) is 1.67. The molecule has 0 saturated carbocycles. The van der Waals surface area contributed by atoms with E-state index in [-0.39, 0.29) is 24.0 Å². The SMILES string of the molecule is CCNC(=NCCCOCCOC)NCCc1nc2ccccc2[nH]1.I. The van der Waals surface area contributed by atoms with Gasteiger partial charge >= 0.3 is 0 Å². The summed E-state index contributed by atoms with van der Waals surface area (Å²) in [6.45, 7) is 6.37. The van der Waals surface area contributed by atoms with Crippen LogP contribution in [0.15, 0.2) is 29.3 Å². The number of nitrogens with one attached hydrogen (secondary N) is 3. The number of para-hydroxylation sites is 2. The van der Waals surface area contributed by atoms with Gasteiger partial charge in [0.25, 0.3) is 0 Å². The number of halogens is 1. The molecule has 0 radical (unpaired) electrons. The van der Waals surface area contributed by atoms with Gasteiger partial charge in [-0.05, 0) is 25.5 Å². The van der Waals surface area contributed by atoms with Gasteiger partial charge in [0, 0.05) is 39.8 Å². The Morgan fingerprint density at radius 2 is 2.04 bits per heavy atom. The molecule has 2 rings (SSSR count). The molecule has 146 valence electrons. The van der Waals surface area contributed by atoms with E-state index in [2.05, 4.69) is 32.5 Å². The number of hydrogen-bond acceptors (Lipinski definition) is 4. The average molecular weight is 475 g/mol. The van der Waals surface area contributed by atoms with Crippen LogP contribution in [0.2, 0.25) is 0 Å². The van der Waals surface area contributed by atoms with Crippen LogP contribution in [0.3, 0.4) is 0 Å². The van der Waals surface area contributed by atoms with E-state index >= 15 is 0 Å². The molecule has 3 N–H and O–H groups in total. The second-order valence-corrected chi connectivity index (χ2v) is 5.60. The molecule has 0 aliphatic carbocycles. The van der Waals surface area contributed by atoms with E-state index in [0.717, 1.165) is 55.3 Å². The number of benzene rings is 1. The molecule has 7 nitrogen and oxygen atoms in total. The number of fused-ring (bicyclic) bond motifs is 1. The fourth-order valence-corrected chi connectivity index (χ4v) is 2.37. The van der Waals surface area contributed by atoms with Crippen LogP contribution in [-0.4, -0.2) is 62.5 Å². The summed E-state index contributed by atoms with van der Waals surface area (Å²) >= 11 is 0. The Morgan fingerprint density at radius 3 is 2.81 bits per heavy atom. The maximum atomic E-state index is 5.44. The molecule has 26 heavy (non-hydrogen) atoms. The Labute approximate surface area is 172 Å². The number of nitrogens with zero attached hydrogens (tertiary/aromatic N) is 2. The third-order valence-corrected chi connectivity index (χ3v) is 3.59. The summed E-state index contributed by atoms with van der Waals surface area (Å²) in [6.07, 6.45) is 1.71. The highest BCUT2D eigenvalue weighted by Crippen LogP contribution is 2.10. The van der Waals surface area contributed by atoms with Crippen LogP contribution in [0.1, 0.15) is 19.2 Å². The van der Waals surface area contributed by atoms with Crippen LogP contribution >= 0.6 is 24.0 Å². The third kappa shape index (κ3) is 8.33. The molecule has 1 heterocycles. The minimum atomic E-state index is 0. The van der Waals surface area contributed by atoms with E-state index in [4.69, 9.17) is 9.47 Å². The summed E-state index contributed by atoms with van der Waals surface area (Å²) < 4.78 is 10.4. The lowest BCUT2D eigenvalue weighted by Gasteiger charge is -2.10. The van der Waals surface area contributed by atoms with Crippen molar-refractivity contribution in [1.82, 2.24) is 20.6 Å². The van der Waals surface area contributed by atoms with E-state index < -0.39 is 0 Å². The fraction of sp³-hybridized carbons (Fsp3) is 0.556. The quantitative estimate of drug-likeness (QED) is 0.201. The van der Waals surface area contributed by atoms with Crippen LogP contribution < -0.4 is 10.6 Å². The second-order valence-electron chi connectivity index (χ2n) is 5.60. The number of methoxy groups -OCH3 is 1. The first-order chi connectivity index (χ1) is 12.3. The molecule has 8 heteroatoms. The van der Waals surface area contributed by atoms with Gasteiger partial charge in [0.05, 0.1) is 24.2 Å². The zero-order chi connectivity index (χ0) is 17.7. The number of aliphatic imine (C=N–C) groups is 1. The fourth-order valence-electron chi connectivity index (χ4n) is 2.37. The van der Waals surface area contributed by atoms with Crippen LogP contribution in [0.4, 0.5) is 0 Å². The molecule has 0 atom stereocenters. The summed E-state index contributed by atoms with van der Waals surface area (Å²) in [6, 6.07) is 8.07. The Balaban J connectivity index is 0.00000338. The Bertz CT molecular complexity index is 614. The third-order valence-electron chi connectivity index (χ3n) is 3.59. The van der Waals surface area contributed by atoms with Crippen molar-refractivity contribution in [2.24, 2.45) is 4.99 Å². The van der Waals surface area contributed by atoms with Crippen molar-refractivity contribution in [1.29, 1.82) is 0 Å². The van der Waals surface area contributed by atoms with Gasteiger partial charge in [-0.2, -0.15) is 0 Å². The Hall–Kier alpha value is -1.39. The molecule has 0 saturated heterocycles. The van der Waals surface area contributed by atoms with Crippen molar-refractivity contribution in [3.8, 4) is 0 Å². The molecule has 2 aromatic rings. The highest BCUT2D eigenvalue weighted by molar-refractivity contribution is 14.0. The highest BCUT2D eigenvalue weighted by Gasteiger charge is 2.02. The van der Waals surface area contributed by atoms with Crippen LogP contribution in [0.5, 0.6) is 0 Å². The molecule has 0 fully saturated rings. The van der Waals surface area contributed by atoms with Gasteiger partial charge in [-0.3, -0.25) is 4.99 Å². The summed E-state index contributed by atoms with van der Waals surface area (Å²) in [5, 5.41) is 6.60. The minimum absolute atomic E-state index is 0. The van der Waals surface area contributed by atoms with E-state index in [9.17, 15) is 0 Å². The Kier molecular flexibility index (Phi) is 12.0. The molecule has 0 amide bonds. The van der Waals surface area contributed by atoms with E-state index in [1.54, 1.807) is 7.11 Å². The molecule has 0 aliphatic heterocycles. The maximum absolute atomic E-state index is 5.44. The molecular formula is C18H30IN5O2. The van der Waals surface area contributed by atoms with Gasteiger partial charge in [-0.1, -0.05) is 12.1 Å². The van der Waals surface area contributed by atoms with Crippen LogP contribution in [-0.2, 0) is 15.9 Å². The van der Waals surface area contributed by atoms with Gasteiger partial charge < -0.3 is 25.1 Å². The monoisotopic (exact) mass is 475 g/mol. The smallest absolute Gasteiger partial charge is 0.191 e. The van der Waals surface area contributed by atoms with Gasteiger partial charge in [-0.25, -0.2) is 4.98 Å². The zero-order valence-corrected chi connectivity index (χ0v) is 17.9. The standard InChI is InChI=1S/C18H29N5O2.HI/c1-3-19-18(20-10-6-12-25-14-13-24-2)21-11-9-17-22-15-7-4-5-8-16(15)23-17;/h4-5,7-8H,3,6,9-14H2,1-2H3,(H,22,23)(H2,19,20,21);1H. The van der Waals surface area contributed by atoms with Crippen molar-refractivity contribution in [2.75, 3.05) is 46.6 Å². The Morgan fingerprint density at radius 1 is 1.19 bits per heavy atom. The van der Waals surface area contributed by atoms with Crippen LogP contribution in [0, 0.1) is 0 Å². The van der Waals surface area contributed by atoms with Crippen LogP contribution in [0.25, 0.3) is 11.0 Å². The van der Waals surface area contributed by atoms with Crippen molar-refractivity contribution in [3.05, 3.63) is 30.1 Å². The van der Waals surface area contributed by atoms with Gasteiger partial charge in [0.15, 0.2) is 5.96 Å². The normalized spacial score (nSPS) is 11.4. The molecule has 0 bridgehead atoms. The van der Waals surface area contributed by atoms with Gasteiger partial charge in [-0.15, -0.1) is 24.0 Å². The minimum Gasteiger partial charge on any atom is -0.382 e. The summed E-state index contributed by atoms with van der Waals surface area (Å²) in [4.78, 5) is 12.5. The lowest BCUT2D eigenvalue weighted by molar-refractivity contribution is 0.0702. The number of aromatic nitrogens is 2. The molecule has 1 aromatic heterocycles. The number of guanidine groups is 1. The number of imidazole rings is 1. The molecule has 0 aliphatic rings. The average Bonchev–Trinajstić information content (AvgIpc) is 3.03. The summed E-state index contributed by atoms with van der Waals surface area (Å²) in [5.41, 5.74) is 2.08. The first-order valence-electron chi connectivity index (χ1n) is 8.86. The van der Waals surface area contributed by atoms with E-state index in [1.165, 1.54) is 0 Å². The van der Waals surface area contributed by atoms with Crippen molar-refractivity contribution < 1.29 is 9.47 Å². The lowest BCUT2D eigenvalue weighted by atomic mass is 10.3. The molecular weight excluding hydrogens is 445 g/mol. The largest absolute Gasteiger partial charge is 0.382 e. The summed E-state index contributed by atoms with van der Waals surface area (Å²) in [5.74, 6) is 1.81. The topological polar surface area (TPSA) is 83.6 Å². The molecule has 1 aromatic carbocycles. The second kappa shape index (κ2) is 13.8. The molecule has 0 unspecified atom stereocenters. The van der Waals surface area contributed by atoms with Crippen molar-refractivity contribution in [2.45, 2.75) is 19.8 Å². The predicted molar refractivity (Wildman–Crippen MR) is 117 cm³/mol.